The molecular weight excluding hydrogens is 274 g/mol. The van der Waals surface area contributed by atoms with Crippen LogP contribution in [-0.4, -0.2) is 9.55 Å². The standard InChI is InChI=1S/C15H16ClN3O/c1-9(2)19-12-4-3-10(8-17)7-11(12)18-15(19)13-5-6-14(16)20-13/h3-7,9H,8,17H2,1-2H3. The van der Waals surface area contributed by atoms with Gasteiger partial charge in [-0.3, -0.25) is 0 Å². The van der Waals surface area contributed by atoms with E-state index in [4.69, 9.17) is 21.8 Å². The first-order valence-corrected chi connectivity index (χ1v) is 6.94. The number of nitrogens with zero attached hydrogens (tertiary/aromatic N) is 2. The van der Waals surface area contributed by atoms with Gasteiger partial charge in [0, 0.05) is 12.6 Å². The average Bonchev–Trinajstić information content (AvgIpc) is 3.00. The van der Waals surface area contributed by atoms with Crippen molar-refractivity contribution in [3.63, 3.8) is 0 Å². The van der Waals surface area contributed by atoms with Crippen LogP contribution in [0.15, 0.2) is 34.7 Å². The Morgan fingerprint density at radius 1 is 1.30 bits per heavy atom. The second-order valence-electron chi connectivity index (χ2n) is 5.03. The van der Waals surface area contributed by atoms with Gasteiger partial charge in [-0.05, 0) is 55.3 Å². The fraction of sp³-hybridized carbons (Fsp3) is 0.267. The highest BCUT2D eigenvalue weighted by Crippen LogP contribution is 2.31. The van der Waals surface area contributed by atoms with E-state index in [0.717, 1.165) is 22.4 Å². The molecule has 104 valence electrons. The third-order valence-electron chi connectivity index (χ3n) is 3.30. The fourth-order valence-corrected chi connectivity index (χ4v) is 2.55. The molecule has 0 saturated carbocycles. The van der Waals surface area contributed by atoms with Crippen LogP contribution in [0.5, 0.6) is 0 Å². The zero-order chi connectivity index (χ0) is 14.3. The Balaban J connectivity index is 2.27. The summed E-state index contributed by atoms with van der Waals surface area (Å²) in [6.45, 7) is 4.74. The monoisotopic (exact) mass is 289 g/mol. The van der Waals surface area contributed by atoms with Crippen LogP contribution < -0.4 is 5.73 Å². The molecule has 3 rings (SSSR count). The van der Waals surface area contributed by atoms with Gasteiger partial charge in [-0.1, -0.05) is 6.07 Å². The molecule has 3 aromatic rings. The van der Waals surface area contributed by atoms with Gasteiger partial charge < -0.3 is 14.7 Å². The maximum absolute atomic E-state index is 5.87. The SMILES string of the molecule is CC(C)n1c(-c2ccc(Cl)o2)nc2cc(CN)ccc21. The van der Waals surface area contributed by atoms with E-state index in [9.17, 15) is 0 Å². The minimum absolute atomic E-state index is 0.266. The Morgan fingerprint density at radius 2 is 2.10 bits per heavy atom. The molecule has 0 atom stereocenters. The lowest BCUT2D eigenvalue weighted by Gasteiger charge is -2.11. The van der Waals surface area contributed by atoms with Gasteiger partial charge in [0.25, 0.3) is 0 Å². The summed E-state index contributed by atoms with van der Waals surface area (Å²) in [6, 6.07) is 9.93. The Kier molecular flexibility index (Phi) is 3.28. The van der Waals surface area contributed by atoms with E-state index in [1.54, 1.807) is 6.07 Å². The van der Waals surface area contributed by atoms with Gasteiger partial charge >= 0.3 is 0 Å². The van der Waals surface area contributed by atoms with Gasteiger partial charge in [0.05, 0.1) is 11.0 Å². The van der Waals surface area contributed by atoms with Gasteiger partial charge in [0.2, 0.25) is 0 Å². The Hall–Kier alpha value is -1.78. The minimum atomic E-state index is 0.266. The highest BCUT2D eigenvalue weighted by atomic mass is 35.5. The molecule has 0 saturated heterocycles. The molecule has 2 heterocycles. The molecule has 0 aliphatic carbocycles. The molecular formula is C15H16ClN3O. The zero-order valence-corrected chi connectivity index (χ0v) is 12.2. The number of aromatic nitrogens is 2. The van der Waals surface area contributed by atoms with Crippen LogP contribution in [0.25, 0.3) is 22.6 Å². The predicted octanol–water partition coefficient (Wildman–Crippen LogP) is 3.99. The minimum Gasteiger partial charge on any atom is -0.441 e. The normalized spacial score (nSPS) is 11.7. The number of halogens is 1. The van der Waals surface area contributed by atoms with Crippen molar-refractivity contribution in [3.05, 3.63) is 41.1 Å². The number of nitrogens with two attached hydrogens (primary N) is 1. The van der Waals surface area contributed by atoms with E-state index in [2.05, 4.69) is 29.5 Å². The fourth-order valence-electron chi connectivity index (χ4n) is 2.40. The summed E-state index contributed by atoms with van der Waals surface area (Å²) in [5.74, 6) is 1.46. The lowest BCUT2D eigenvalue weighted by atomic mass is 10.2. The van der Waals surface area contributed by atoms with Gasteiger partial charge in [0.1, 0.15) is 0 Å². The third kappa shape index (κ3) is 2.11. The second kappa shape index (κ2) is 4.96. The highest BCUT2D eigenvalue weighted by Gasteiger charge is 2.17. The molecule has 0 bridgehead atoms. The number of furan rings is 1. The number of rotatable bonds is 3. The zero-order valence-electron chi connectivity index (χ0n) is 11.4. The maximum Gasteiger partial charge on any atom is 0.194 e. The quantitative estimate of drug-likeness (QED) is 0.793. The maximum atomic E-state index is 5.87. The van der Waals surface area contributed by atoms with Crippen molar-refractivity contribution >= 4 is 22.6 Å². The van der Waals surface area contributed by atoms with Gasteiger partial charge in [-0.25, -0.2) is 4.98 Å². The molecule has 0 aliphatic heterocycles. The van der Waals surface area contributed by atoms with Crippen molar-refractivity contribution in [2.24, 2.45) is 5.73 Å². The molecule has 0 amide bonds. The first kappa shape index (κ1) is 13.2. The van der Waals surface area contributed by atoms with E-state index in [-0.39, 0.29) is 6.04 Å². The average molecular weight is 290 g/mol. The number of hydrogen-bond donors (Lipinski definition) is 1. The Morgan fingerprint density at radius 3 is 2.70 bits per heavy atom. The van der Waals surface area contributed by atoms with Crippen molar-refractivity contribution in [2.75, 3.05) is 0 Å². The van der Waals surface area contributed by atoms with Crippen LogP contribution in [0.1, 0.15) is 25.5 Å². The van der Waals surface area contributed by atoms with Crippen molar-refractivity contribution in [2.45, 2.75) is 26.4 Å². The van der Waals surface area contributed by atoms with Gasteiger partial charge in [0.15, 0.2) is 16.8 Å². The lowest BCUT2D eigenvalue weighted by molar-refractivity contribution is 0.558. The summed E-state index contributed by atoms with van der Waals surface area (Å²) in [6.07, 6.45) is 0. The highest BCUT2D eigenvalue weighted by molar-refractivity contribution is 6.28. The Bertz CT molecular complexity index is 758. The first-order valence-electron chi connectivity index (χ1n) is 6.57. The first-order chi connectivity index (χ1) is 9.60. The third-order valence-corrected chi connectivity index (χ3v) is 3.50. The summed E-state index contributed by atoms with van der Waals surface area (Å²) in [5, 5.41) is 0.366. The summed E-state index contributed by atoms with van der Waals surface area (Å²) >= 11 is 5.87. The summed E-state index contributed by atoms with van der Waals surface area (Å²) < 4.78 is 7.65. The van der Waals surface area contributed by atoms with Gasteiger partial charge in [-0.15, -0.1) is 0 Å². The molecule has 0 fully saturated rings. The molecule has 5 heteroatoms. The van der Waals surface area contributed by atoms with Crippen LogP contribution in [-0.2, 0) is 6.54 Å². The number of fused-ring (bicyclic) bond motifs is 1. The van der Waals surface area contributed by atoms with Crippen LogP contribution in [0.4, 0.5) is 0 Å². The van der Waals surface area contributed by atoms with Crippen LogP contribution >= 0.6 is 11.6 Å². The largest absolute Gasteiger partial charge is 0.441 e. The van der Waals surface area contributed by atoms with E-state index >= 15 is 0 Å². The van der Waals surface area contributed by atoms with Crippen LogP contribution in [0, 0.1) is 0 Å². The molecule has 4 nitrogen and oxygen atoms in total. The van der Waals surface area contributed by atoms with E-state index < -0.39 is 0 Å². The second-order valence-corrected chi connectivity index (χ2v) is 5.40. The summed E-state index contributed by atoms with van der Waals surface area (Å²) in [7, 11) is 0. The van der Waals surface area contributed by atoms with Crippen LogP contribution in [0.3, 0.4) is 0 Å². The van der Waals surface area contributed by atoms with Crippen molar-refractivity contribution in [1.82, 2.24) is 9.55 Å². The summed E-state index contributed by atoms with van der Waals surface area (Å²) in [5.41, 5.74) is 8.74. The number of hydrogen-bond acceptors (Lipinski definition) is 3. The molecule has 0 radical (unpaired) electrons. The molecule has 0 spiro atoms. The lowest BCUT2D eigenvalue weighted by Crippen LogP contribution is -2.02. The van der Waals surface area contributed by atoms with Crippen molar-refractivity contribution in [1.29, 1.82) is 0 Å². The smallest absolute Gasteiger partial charge is 0.194 e. The molecule has 2 N–H and O–H groups in total. The van der Waals surface area contributed by atoms with Crippen molar-refractivity contribution < 1.29 is 4.42 Å². The number of imidazole rings is 1. The number of benzene rings is 1. The van der Waals surface area contributed by atoms with Crippen LogP contribution in [0.2, 0.25) is 5.22 Å². The predicted molar refractivity (Wildman–Crippen MR) is 80.7 cm³/mol. The molecule has 1 aromatic carbocycles. The van der Waals surface area contributed by atoms with E-state index in [0.29, 0.717) is 17.5 Å². The molecule has 0 aliphatic rings. The van der Waals surface area contributed by atoms with E-state index in [1.807, 2.05) is 18.2 Å². The van der Waals surface area contributed by atoms with Crippen molar-refractivity contribution in [3.8, 4) is 11.6 Å². The molecule has 0 unspecified atom stereocenters. The molecule has 2 aromatic heterocycles. The Labute approximate surface area is 122 Å². The van der Waals surface area contributed by atoms with Gasteiger partial charge in [-0.2, -0.15) is 0 Å². The summed E-state index contributed by atoms with van der Waals surface area (Å²) in [4.78, 5) is 4.68. The molecule has 20 heavy (non-hydrogen) atoms. The topological polar surface area (TPSA) is 57.0 Å². The van der Waals surface area contributed by atoms with E-state index in [1.165, 1.54) is 0 Å².